The summed E-state index contributed by atoms with van der Waals surface area (Å²) in [7, 11) is 0. The van der Waals surface area contributed by atoms with Gasteiger partial charge in [0.15, 0.2) is 0 Å². The monoisotopic (exact) mass is 515 g/mol. The molecule has 3 rings (SSSR count). The first-order valence-corrected chi connectivity index (χ1v) is 12.8. The lowest BCUT2D eigenvalue weighted by atomic mass is 10.1. The van der Waals surface area contributed by atoms with E-state index in [0.29, 0.717) is 39.7 Å². The Hall–Kier alpha value is -3.17. The molecular weight excluding hydrogens is 486 g/mol. The molecule has 0 aliphatic rings. The number of carbonyl (C=O) groups excluding carboxylic acids is 1. The molecule has 0 atom stereocenters. The van der Waals surface area contributed by atoms with Crippen molar-refractivity contribution < 1.29 is 14.3 Å². The molecule has 2 aromatic carbocycles. The minimum Gasteiger partial charge on any atom is -0.490 e. The molecule has 0 fully saturated rings. The highest BCUT2D eigenvalue weighted by Crippen LogP contribution is 2.22. The average molecular weight is 516 g/mol. The van der Waals surface area contributed by atoms with Gasteiger partial charge in [-0.3, -0.25) is 4.79 Å². The van der Waals surface area contributed by atoms with E-state index in [2.05, 4.69) is 39.8 Å². The van der Waals surface area contributed by atoms with Gasteiger partial charge >= 0.3 is 0 Å². The quantitative estimate of drug-likeness (QED) is 0.176. The van der Waals surface area contributed by atoms with Gasteiger partial charge in [-0.1, -0.05) is 61.3 Å². The molecule has 1 amide bonds. The lowest BCUT2D eigenvalue weighted by Gasteiger charge is -2.11. The predicted molar refractivity (Wildman–Crippen MR) is 140 cm³/mol. The number of benzene rings is 2. The minimum absolute atomic E-state index is 0.0439. The van der Waals surface area contributed by atoms with Crippen molar-refractivity contribution in [3.8, 4) is 11.5 Å². The average Bonchev–Trinajstić information content (AvgIpc) is 3.25. The van der Waals surface area contributed by atoms with Crippen LogP contribution in [0.5, 0.6) is 11.5 Å². The fourth-order valence-corrected chi connectivity index (χ4v) is 4.05. The predicted octanol–water partition coefficient (Wildman–Crippen LogP) is 5.05. The maximum absolute atomic E-state index is 12.0. The molecule has 1 aromatic heterocycles. The number of amides is 1. The van der Waals surface area contributed by atoms with E-state index in [1.807, 2.05) is 12.1 Å². The molecular formula is C25H30ClN5O3S. The number of nitrogens with one attached hydrogen (secondary N) is 1. The lowest BCUT2D eigenvalue weighted by molar-refractivity contribution is -0.120. The summed E-state index contributed by atoms with van der Waals surface area (Å²) in [6.45, 7) is 2.95. The molecule has 0 unspecified atom stereocenters. The number of aryl methyl sites for hydroxylation is 1. The van der Waals surface area contributed by atoms with Crippen LogP contribution in [-0.2, 0) is 17.6 Å². The van der Waals surface area contributed by atoms with E-state index >= 15 is 0 Å². The number of unbranched alkanes of at least 4 members (excludes halogenated alkanes) is 3. The molecule has 10 heteroatoms. The molecule has 0 saturated heterocycles. The summed E-state index contributed by atoms with van der Waals surface area (Å²) in [5.41, 5.74) is 9.93. The molecule has 3 N–H and O–H groups in total. The van der Waals surface area contributed by atoms with E-state index in [9.17, 15) is 4.79 Å². The summed E-state index contributed by atoms with van der Waals surface area (Å²) in [5.74, 6) is 1.06. The van der Waals surface area contributed by atoms with Crippen molar-refractivity contribution >= 4 is 40.2 Å². The number of hydrogen-bond donors (Lipinski definition) is 2. The van der Waals surface area contributed by atoms with Gasteiger partial charge in [0.25, 0.3) is 0 Å². The Bertz CT molecular complexity index is 1100. The molecule has 0 bridgehead atoms. The Morgan fingerprint density at radius 2 is 1.91 bits per heavy atom. The van der Waals surface area contributed by atoms with Crippen LogP contribution in [0.25, 0.3) is 0 Å². The zero-order valence-corrected chi connectivity index (χ0v) is 21.3. The van der Waals surface area contributed by atoms with Crippen LogP contribution in [0.2, 0.25) is 5.02 Å². The Kier molecular flexibility index (Phi) is 10.8. The fourth-order valence-electron chi connectivity index (χ4n) is 3.26. The second-order valence-corrected chi connectivity index (χ2v) is 9.37. The molecule has 1 heterocycles. The molecule has 8 nitrogen and oxygen atoms in total. The van der Waals surface area contributed by atoms with Gasteiger partial charge in [0, 0.05) is 10.6 Å². The molecule has 3 aromatic rings. The Labute approximate surface area is 214 Å². The van der Waals surface area contributed by atoms with Gasteiger partial charge in [-0.25, -0.2) is 5.43 Å². The highest BCUT2D eigenvalue weighted by atomic mass is 35.5. The summed E-state index contributed by atoms with van der Waals surface area (Å²) in [4.78, 5) is 12.0. The molecule has 0 aliphatic heterocycles. The number of hydrazone groups is 1. The van der Waals surface area contributed by atoms with Crippen LogP contribution in [0.15, 0.2) is 47.6 Å². The second kappa shape index (κ2) is 14.3. The summed E-state index contributed by atoms with van der Waals surface area (Å²) in [6, 6.07) is 13.4. The zero-order valence-electron chi connectivity index (χ0n) is 19.7. The van der Waals surface area contributed by atoms with Crippen molar-refractivity contribution in [1.82, 2.24) is 15.6 Å². The van der Waals surface area contributed by atoms with Gasteiger partial charge < -0.3 is 15.2 Å². The summed E-state index contributed by atoms with van der Waals surface area (Å²) in [6.07, 6.45) is 7.65. The smallest absolute Gasteiger partial charge is 0.247 e. The SMILES string of the molecule is CCCCCCc1ccc(OCCOc2ccc(Cl)cc2C=NNC(=O)Cc2nnc(N)s2)cc1. The van der Waals surface area contributed by atoms with E-state index in [1.165, 1.54) is 37.5 Å². The van der Waals surface area contributed by atoms with Crippen molar-refractivity contribution in [2.45, 2.75) is 45.4 Å². The maximum Gasteiger partial charge on any atom is 0.247 e. The van der Waals surface area contributed by atoms with E-state index in [1.54, 1.807) is 18.2 Å². The third-order valence-electron chi connectivity index (χ3n) is 5.01. The number of nitrogen functional groups attached to an aromatic ring is 1. The van der Waals surface area contributed by atoms with E-state index in [-0.39, 0.29) is 12.3 Å². The molecule has 0 radical (unpaired) electrons. The van der Waals surface area contributed by atoms with Crippen LogP contribution in [0.4, 0.5) is 5.13 Å². The number of rotatable bonds is 14. The van der Waals surface area contributed by atoms with Crippen LogP contribution in [-0.4, -0.2) is 35.5 Å². The number of nitrogens with zero attached hydrogens (tertiary/aromatic N) is 3. The van der Waals surface area contributed by atoms with E-state index in [4.69, 9.17) is 26.8 Å². The van der Waals surface area contributed by atoms with Crippen LogP contribution in [0.1, 0.15) is 48.7 Å². The molecule has 186 valence electrons. The van der Waals surface area contributed by atoms with Crippen molar-refractivity contribution in [1.29, 1.82) is 0 Å². The summed E-state index contributed by atoms with van der Waals surface area (Å²) >= 11 is 7.27. The van der Waals surface area contributed by atoms with Gasteiger partial charge in [-0.2, -0.15) is 5.10 Å². The molecule has 0 spiro atoms. The first-order valence-electron chi connectivity index (χ1n) is 11.6. The second-order valence-electron chi connectivity index (χ2n) is 7.84. The van der Waals surface area contributed by atoms with Crippen molar-refractivity contribution in [3.63, 3.8) is 0 Å². The minimum atomic E-state index is -0.331. The van der Waals surface area contributed by atoms with Crippen LogP contribution < -0.4 is 20.6 Å². The maximum atomic E-state index is 12.0. The zero-order chi connectivity index (χ0) is 24.9. The lowest BCUT2D eigenvalue weighted by Crippen LogP contribution is -2.19. The standard InChI is InChI=1S/C25H30ClN5O3S/c1-2-3-4-5-6-18-7-10-21(11-8-18)33-13-14-34-22-12-9-20(26)15-19(22)17-28-29-23(32)16-24-30-31-25(27)35-24/h7-12,15,17H,2-6,13-14,16H2,1H3,(H2,27,31)(H,29,32). The Morgan fingerprint density at radius 3 is 2.66 bits per heavy atom. The summed E-state index contributed by atoms with van der Waals surface area (Å²) in [5, 5.41) is 12.8. The van der Waals surface area contributed by atoms with E-state index < -0.39 is 0 Å². The third-order valence-corrected chi connectivity index (χ3v) is 6.00. The van der Waals surface area contributed by atoms with Gasteiger partial charge in [-0.15, -0.1) is 10.2 Å². The first kappa shape index (κ1) is 26.4. The molecule has 0 aliphatic carbocycles. The molecule has 0 saturated carbocycles. The highest BCUT2D eigenvalue weighted by Gasteiger charge is 2.08. The summed E-state index contributed by atoms with van der Waals surface area (Å²) < 4.78 is 11.7. The number of anilines is 1. The normalized spacial score (nSPS) is 11.0. The van der Waals surface area contributed by atoms with Gasteiger partial charge in [0.05, 0.1) is 12.6 Å². The number of aromatic nitrogens is 2. The topological polar surface area (TPSA) is 112 Å². The van der Waals surface area contributed by atoms with Gasteiger partial charge in [0.2, 0.25) is 11.0 Å². The largest absolute Gasteiger partial charge is 0.490 e. The van der Waals surface area contributed by atoms with Crippen molar-refractivity contribution in [2.75, 3.05) is 18.9 Å². The number of nitrogens with two attached hydrogens (primary N) is 1. The first-order chi connectivity index (χ1) is 17.0. The highest BCUT2D eigenvalue weighted by molar-refractivity contribution is 7.15. The van der Waals surface area contributed by atoms with Gasteiger partial charge in [-0.05, 0) is 48.7 Å². The number of carbonyl (C=O) groups is 1. The fraction of sp³-hybridized carbons (Fsp3) is 0.360. The van der Waals surface area contributed by atoms with Crippen molar-refractivity contribution in [2.24, 2.45) is 5.10 Å². The van der Waals surface area contributed by atoms with Crippen molar-refractivity contribution in [3.05, 3.63) is 63.6 Å². The number of ether oxygens (including phenoxy) is 2. The molecule has 35 heavy (non-hydrogen) atoms. The number of hydrogen-bond acceptors (Lipinski definition) is 8. The number of halogens is 1. The van der Waals surface area contributed by atoms with E-state index in [0.717, 1.165) is 23.5 Å². The van der Waals surface area contributed by atoms with Gasteiger partial charge in [0.1, 0.15) is 29.7 Å². The van der Waals surface area contributed by atoms with Crippen LogP contribution in [0, 0.1) is 0 Å². The Balaban J connectivity index is 1.44. The van der Waals surface area contributed by atoms with Crippen LogP contribution >= 0.6 is 22.9 Å². The van der Waals surface area contributed by atoms with Crippen LogP contribution in [0.3, 0.4) is 0 Å². The third kappa shape index (κ3) is 9.54. The Morgan fingerprint density at radius 1 is 1.11 bits per heavy atom.